The SMILES string of the molecule is CCC[C@@H]1Cc2c(sc3nc(SCCN4C(=O)c5ccccc5C4=O)nc(N)c23)CO1. The molecule has 2 aliphatic heterocycles. The van der Waals surface area contributed by atoms with Gasteiger partial charge in [0.15, 0.2) is 5.16 Å². The number of benzene rings is 1. The predicted octanol–water partition coefficient (Wildman–Crippen LogP) is 3.90. The molecule has 9 heteroatoms. The second kappa shape index (κ2) is 8.22. The number of hydrogen-bond acceptors (Lipinski definition) is 8. The fourth-order valence-corrected chi connectivity index (χ4v) is 6.13. The Morgan fingerprint density at radius 3 is 2.68 bits per heavy atom. The van der Waals surface area contributed by atoms with Crippen molar-refractivity contribution in [3.05, 3.63) is 45.8 Å². The van der Waals surface area contributed by atoms with Gasteiger partial charge in [-0.05, 0) is 24.1 Å². The number of carbonyl (C=O) groups is 2. The number of fused-ring (bicyclic) bond motifs is 4. The molecule has 2 aromatic heterocycles. The fraction of sp³-hybridized carbons (Fsp3) is 0.364. The van der Waals surface area contributed by atoms with Gasteiger partial charge in [0, 0.05) is 23.6 Å². The van der Waals surface area contributed by atoms with Gasteiger partial charge >= 0.3 is 0 Å². The third-order valence-electron chi connectivity index (χ3n) is 5.66. The third-order valence-corrected chi connectivity index (χ3v) is 7.59. The molecule has 160 valence electrons. The van der Waals surface area contributed by atoms with Gasteiger partial charge in [-0.2, -0.15) is 0 Å². The maximum Gasteiger partial charge on any atom is 0.261 e. The molecule has 0 fully saturated rings. The van der Waals surface area contributed by atoms with Gasteiger partial charge in [-0.15, -0.1) is 11.3 Å². The number of carbonyl (C=O) groups excluding carboxylic acids is 2. The quantitative estimate of drug-likeness (QED) is 0.343. The molecule has 0 bridgehead atoms. The zero-order valence-corrected chi connectivity index (χ0v) is 18.7. The van der Waals surface area contributed by atoms with Crippen LogP contribution in [0.15, 0.2) is 29.4 Å². The Morgan fingerprint density at radius 2 is 1.97 bits per heavy atom. The first kappa shape index (κ1) is 20.4. The minimum absolute atomic E-state index is 0.225. The summed E-state index contributed by atoms with van der Waals surface area (Å²) >= 11 is 3.01. The van der Waals surface area contributed by atoms with Crippen LogP contribution in [0, 0.1) is 0 Å². The number of hydrogen-bond donors (Lipinski definition) is 1. The predicted molar refractivity (Wildman–Crippen MR) is 122 cm³/mol. The van der Waals surface area contributed by atoms with Crippen LogP contribution in [0.1, 0.15) is 50.9 Å². The highest BCUT2D eigenvalue weighted by molar-refractivity contribution is 7.99. The molecule has 5 rings (SSSR count). The van der Waals surface area contributed by atoms with E-state index in [4.69, 9.17) is 15.5 Å². The zero-order chi connectivity index (χ0) is 21.5. The van der Waals surface area contributed by atoms with Crippen molar-refractivity contribution >= 4 is 50.9 Å². The Labute approximate surface area is 188 Å². The van der Waals surface area contributed by atoms with Crippen LogP contribution in [-0.2, 0) is 17.8 Å². The first-order valence-corrected chi connectivity index (χ1v) is 12.1. The van der Waals surface area contributed by atoms with Gasteiger partial charge in [0.05, 0.1) is 29.2 Å². The second-order valence-corrected chi connectivity index (χ2v) is 9.80. The highest BCUT2D eigenvalue weighted by Gasteiger charge is 2.34. The summed E-state index contributed by atoms with van der Waals surface area (Å²) in [5.74, 6) is 0.501. The number of nitrogens with two attached hydrogens (primary N) is 1. The maximum atomic E-state index is 12.5. The number of ether oxygens (including phenoxy) is 1. The van der Waals surface area contributed by atoms with E-state index in [9.17, 15) is 9.59 Å². The van der Waals surface area contributed by atoms with E-state index in [0.29, 0.717) is 41.0 Å². The largest absolute Gasteiger partial charge is 0.383 e. The van der Waals surface area contributed by atoms with Crippen molar-refractivity contribution in [1.29, 1.82) is 0 Å². The molecule has 0 unspecified atom stereocenters. The van der Waals surface area contributed by atoms with E-state index in [0.717, 1.165) is 29.5 Å². The lowest BCUT2D eigenvalue weighted by Gasteiger charge is -2.22. The normalized spacial score (nSPS) is 18.0. The number of nitrogen functional groups attached to an aromatic ring is 1. The van der Waals surface area contributed by atoms with E-state index in [1.807, 2.05) is 0 Å². The van der Waals surface area contributed by atoms with Crippen molar-refractivity contribution in [2.24, 2.45) is 0 Å². The summed E-state index contributed by atoms with van der Waals surface area (Å²) in [5, 5.41) is 1.51. The van der Waals surface area contributed by atoms with Gasteiger partial charge in [-0.3, -0.25) is 14.5 Å². The van der Waals surface area contributed by atoms with Crippen LogP contribution >= 0.6 is 23.1 Å². The molecule has 0 saturated heterocycles. The first-order valence-electron chi connectivity index (χ1n) is 10.3. The van der Waals surface area contributed by atoms with E-state index >= 15 is 0 Å². The Bertz CT molecular complexity index is 1160. The van der Waals surface area contributed by atoms with Crippen LogP contribution in [0.4, 0.5) is 5.82 Å². The lowest BCUT2D eigenvalue weighted by atomic mass is 10.0. The minimum Gasteiger partial charge on any atom is -0.383 e. The number of anilines is 1. The lowest BCUT2D eigenvalue weighted by Crippen LogP contribution is -2.31. The standard InChI is InChI=1S/C22H22N4O3S2/c1-2-5-12-10-15-16(11-29-12)31-19-17(15)18(23)24-22(25-19)30-9-8-26-20(27)13-6-3-4-7-14(13)21(26)28/h3-4,6-7,12H,2,5,8-11H2,1H3,(H2,23,24,25)/t12-/m1/s1. The highest BCUT2D eigenvalue weighted by atomic mass is 32.2. The molecular formula is C22H22N4O3S2. The van der Waals surface area contributed by atoms with E-state index < -0.39 is 0 Å². The van der Waals surface area contributed by atoms with Gasteiger partial charge in [0.2, 0.25) is 0 Å². The van der Waals surface area contributed by atoms with Crippen molar-refractivity contribution in [2.75, 3.05) is 18.0 Å². The molecule has 31 heavy (non-hydrogen) atoms. The number of imide groups is 1. The van der Waals surface area contributed by atoms with Crippen LogP contribution in [0.3, 0.4) is 0 Å². The van der Waals surface area contributed by atoms with Crippen LogP contribution in [0.2, 0.25) is 0 Å². The average Bonchev–Trinajstić information content (AvgIpc) is 3.25. The number of rotatable bonds is 6. The van der Waals surface area contributed by atoms with E-state index in [2.05, 4.69) is 11.9 Å². The molecule has 2 amide bonds. The fourth-order valence-electron chi connectivity index (χ4n) is 4.17. The number of thiophene rings is 1. The molecule has 0 saturated carbocycles. The smallest absolute Gasteiger partial charge is 0.261 e. The molecule has 4 heterocycles. The number of thioether (sulfide) groups is 1. The van der Waals surface area contributed by atoms with Gasteiger partial charge in [-0.1, -0.05) is 37.2 Å². The van der Waals surface area contributed by atoms with Crippen LogP contribution in [0.5, 0.6) is 0 Å². The molecule has 2 N–H and O–H groups in total. The maximum absolute atomic E-state index is 12.5. The number of aromatic nitrogens is 2. The summed E-state index contributed by atoms with van der Waals surface area (Å²) in [5.41, 5.74) is 8.48. The molecule has 1 aromatic carbocycles. The number of nitrogens with zero attached hydrogens (tertiary/aromatic N) is 3. The first-order chi connectivity index (χ1) is 15.1. The number of amides is 2. The molecule has 0 radical (unpaired) electrons. The van der Waals surface area contributed by atoms with Gasteiger partial charge in [-0.25, -0.2) is 9.97 Å². The monoisotopic (exact) mass is 454 g/mol. The average molecular weight is 455 g/mol. The van der Waals surface area contributed by atoms with Crippen molar-refractivity contribution in [3.63, 3.8) is 0 Å². The summed E-state index contributed by atoms with van der Waals surface area (Å²) in [6.45, 7) is 3.06. The zero-order valence-electron chi connectivity index (χ0n) is 17.1. The molecular weight excluding hydrogens is 432 g/mol. The van der Waals surface area contributed by atoms with Crippen molar-refractivity contribution < 1.29 is 14.3 Å². The van der Waals surface area contributed by atoms with Crippen LogP contribution in [-0.4, -0.2) is 45.1 Å². The lowest BCUT2D eigenvalue weighted by molar-refractivity contribution is 0.0254. The minimum atomic E-state index is -0.246. The molecule has 0 aliphatic carbocycles. The Kier molecular flexibility index (Phi) is 5.41. The van der Waals surface area contributed by atoms with Gasteiger partial charge in [0.1, 0.15) is 10.6 Å². The molecule has 1 atom stereocenters. The van der Waals surface area contributed by atoms with Crippen molar-refractivity contribution in [2.45, 2.75) is 44.1 Å². The van der Waals surface area contributed by atoms with Crippen molar-refractivity contribution in [3.8, 4) is 0 Å². The van der Waals surface area contributed by atoms with Crippen LogP contribution in [0.25, 0.3) is 10.2 Å². The Balaban J connectivity index is 1.30. The highest BCUT2D eigenvalue weighted by Crippen LogP contribution is 2.39. The second-order valence-electron chi connectivity index (χ2n) is 7.66. The summed E-state index contributed by atoms with van der Waals surface area (Å²) < 4.78 is 5.96. The topological polar surface area (TPSA) is 98.4 Å². The van der Waals surface area contributed by atoms with Gasteiger partial charge in [0.25, 0.3) is 11.8 Å². The van der Waals surface area contributed by atoms with E-state index in [1.54, 1.807) is 35.6 Å². The van der Waals surface area contributed by atoms with Gasteiger partial charge < -0.3 is 10.5 Å². The summed E-state index contributed by atoms with van der Waals surface area (Å²) in [4.78, 5) is 37.5. The molecule has 3 aromatic rings. The Hall–Kier alpha value is -2.49. The third kappa shape index (κ3) is 3.60. The van der Waals surface area contributed by atoms with E-state index in [-0.39, 0.29) is 17.9 Å². The molecule has 2 aliphatic rings. The summed E-state index contributed by atoms with van der Waals surface area (Å²) in [7, 11) is 0. The summed E-state index contributed by atoms with van der Waals surface area (Å²) in [6.07, 6.45) is 3.19. The Morgan fingerprint density at radius 1 is 1.23 bits per heavy atom. The van der Waals surface area contributed by atoms with Crippen LogP contribution < -0.4 is 5.73 Å². The van der Waals surface area contributed by atoms with E-state index in [1.165, 1.54) is 27.1 Å². The summed E-state index contributed by atoms with van der Waals surface area (Å²) in [6, 6.07) is 6.91. The van der Waals surface area contributed by atoms with Crippen molar-refractivity contribution in [1.82, 2.24) is 14.9 Å². The molecule has 0 spiro atoms. The molecule has 7 nitrogen and oxygen atoms in total.